The molecule has 0 rings (SSSR count). The molecule has 0 aromatic heterocycles. The molecule has 0 saturated heterocycles. The van der Waals surface area contributed by atoms with Gasteiger partial charge in [0.25, 0.3) is 0 Å². The molecule has 0 saturated carbocycles. The van der Waals surface area contributed by atoms with E-state index in [2.05, 4.69) is 27.7 Å². The molecule has 0 spiro atoms. The lowest BCUT2D eigenvalue weighted by molar-refractivity contribution is -0.170. The summed E-state index contributed by atoms with van der Waals surface area (Å²) in [5.74, 6) is 6.62. The smallest absolute Gasteiger partial charge is 0.305 e. The Morgan fingerprint density at radius 1 is 0.171 bits per heavy atom. The highest BCUT2D eigenvalue weighted by Gasteiger charge is 2.38. The molecule has 0 heterocycles. The van der Waals surface area contributed by atoms with Crippen LogP contribution >= 0.6 is 47.0 Å². The predicted molar refractivity (Wildman–Crippen MR) is 471 cm³/mol. The first kappa shape index (κ1) is 104. The highest BCUT2D eigenvalue weighted by Crippen LogP contribution is 2.26. The number of carbonyl (C=O) groups is 4. The van der Waals surface area contributed by atoms with Gasteiger partial charge in [-0.3, -0.25) is 19.2 Å². The lowest BCUT2D eigenvalue weighted by Crippen LogP contribution is -2.44. The van der Waals surface area contributed by atoms with Gasteiger partial charge in [0, 0.05) is 25.7 Å². The first-order valence-electron chi connectivity index (χ1n) is 46.8. The van der Waals surface area contributed by atoms with Gasteiger partial charge in [-0.1, -0.05) is 413 Å². The molecule has 12 heteroatoms. The van der Waals surface area contributed by atoms with Crippen LogP contribution in [0.5, 0.6) is 0 Å². The number of unbranched alkanes of at least 4 members (excludes halogenated alkanes) is 60. The zero-order chi connectivity index (χ0) is 75.9. The number of hydrogen-bond acceptors (Lipinski definition) is 12. The Hall–Kier alpha value is -0.720. The maximum atomic E-state index is 13.5. The van der Waals surface area contributed by atoms with Crippen LogP contribution in [0.1, 0.15) is 490 Å². The number of thioether (sulfide) groups is 4. The van der Waals surface area contributed by atoms with E-state index in [0.29, 0.717) is 25.7 Å². The minimum Gasteiger partial charge on any atom is -0.465 e. The fourth-order valence-electron chi connectivity index (χ4n) is 14.2. The monoisotopic (exact) mass is 1550 g/mol. The maximum Gasteiger partial charge on any atom is 0.305 e. The average molecular weight is 1550 g/mol. The van der Waals surface area contributed by atoms with Gasteiger partial charge in [-0.2, -0.15) is 47.0 Å². The van der Waals surface area contributed by atoms with E-state index in [1.165, 1.54) is 411 Å². The molecule has 0 bridgehead atoms. The second-order valence-electron chi connectivity index (χ2n) is 32.2. The van der Waals surface area contributed by atoms with Crippen molar-refractivity contribution in [2.45, 2.75) is 490 Å². The van der Waals surface area contributed by atoms with Crippen molar-refractivity contribution in [2.75, 3.05) is 72.5 Å². The quantitative estimate of drug-likeness (QED) is 0.0329. The van der Waals surface area contributed by atoms with Crippen molar-refractivity contribution in [1.82, 2.24) is 0 Å². The third kappa shape index (κ3) is 85.6. The van der Waals surface area contributed by atoms with Crippen molar-refractivity contribution >= 4 is 70.9 Å². The van der Waals surface area contributed by atoms with Crippen molar-refractivity contribution in [2.24, 2.45) is 5.41 Å². The van der Waals surface area contributed by atoms with Gasteiger partial charge in [-0.05, 0) is 97.4 Å². The van der Waals surface area contributed by atoms with Gasteiger partial charge in [0.1, 0.15) is 31.8 Å². The van der Waals surface area contributed by atoms with Gasteiger partial charge in [0.2, 0.25) is 0 Å². The molecule has 0 aromatic carbocycles. The zero-order valence-electron chi connectivity index (χ0n) is 70.8. The standard InChI is InChI=1S/C93H180O8S4/c1-5-9-13-17-21-25-29-33-37-41-45-49-53-57-61-65-77-102-81-69-73-89(94)98-85-93(86-99-90(95)74-70-82-103-78-66-62-58-54-50-46-42-38-34-30-26-22-18-14-10-6-2,87-100-91(96)75-71-83-104-79-67-63-59-55-51-47-43-39-35-31-27-23-19-15-11-7-3)88-101-92(97)76-72-84-105-80-68-64-60-56-52-48-44-40-36-32-28-24-20-16-12-8-4/h5-88H2,1-4H3. The summed E-state index contributed by atoms with van der Waals surface area (Å²) < 4.78 is 24.1. The molecule has 0 N–H and O–H groups in total. The van der Waals surface area contributed by atoms with Crippen molar-refractivity contribution < 1.29 is 38.1 Å². The SMILES string of the molecule is CCCCCCCCCCCCCCCCCCSCCCC(=O)OCC(COC(=O)CCCSCCCCCCCCCCCCCCCCCC)(COC(=O)CCCSCCCCCCCCCCCCCCCCCC)COC(=O)CCCSCCCCCCCCCCCCCCCCCC. The van der Waals surface area contributed by atoms with Crippen molar-refractivity contribution in [3.8, 4) is 0 Å². The summed E-state index contributed by atoms with van der Waals surface area (Å²) >= 11 is 7.66. The van der Waals surface area contributed by atoms with Gasteiger partial charge in [-0.15, -0.1) is 0 Å². The Labute approximate surface area is 672 Å². The number of ether oxygens (including phenoxy) is 4. The molecule has 0 radical (unpaired) electrons. The predicted octanol–water partition coefficient (Wildman–Crippen LogP) is 31.2. The van der Waals surface area contributed by atoms with Gasteiger partial charge >= 0.3 is 23.9 Å². The Morgan fingerprint density at radius 2 is 0.286 bits per heavy atom. The Morgan fingerprint density at radius 3 is 0.419 bits per heavy atom. The van der Waals surface area contributed by atoms with Crippen LogP contribution in [-0.2, 0) is 38.1 Å². The summed E-state index contributed by atoms with van der Waals surface area (Å²) in [5.41, 5.74) is -1.23. The molecule has 624 valence electrons. The van der Waals surface area contributed by atoms with E-state index < -0.39 is 5.41 Å². The first-order valence-corrected chi connectivity index (χ1v) is 51.4. The lowest BCUT2D eigenvalue weighted by atomic mass is 9.92. The number of esters is 4. The highest BCUT2D eigenvalue weighted by atomic mass is 32.2. The molecule has 0 aliphatic carbocycles. The molecule has 0 aromatic rings. The molecule has 0 atom stereocenters. The third-order valence-corrected chi connectivity index (χ3v) is 26.0. The largest absolute Gasteiger partial charge is 0.465 e. The molecule has 0 aliphatic heterocycles. The van der Waals surface area contributed by atoms with Gasteiger partial charge in [0.15, 0.2) is 0 Å². The molecule has 105 heavy (non-hydrogen) atoms. The van der Waals surface area contributed by atoms with E-state index in [4.69, 9.17) is 18.9 Å². The topological polar surface area (TPSA) is 105 Å². The number of rotatable bonds is 92. The summed E-state index contributed by atoms with van der Waals surface area (Å²) in [4.78, 5) is 54.2. The van der Waals surface area contributed by atoms with Crippen molar-refractivity contribution in [3.63, 3.8) is 0 Å². The average Bonchev–Trinajstić information content (AvgIpc) is 0.860. The fraction of sp³-hybridized carbons (Fsp3) is 0.957. The summed E-state index contributed by atoms with van der Waals surface area (Å²) in [6.07, 6.45) is 91.4. The summed E-state index contributed by atoms with van der Waals surface area (Å²) in [6.45, 7) is 8.47. The Balaban J connectivity index is 5.37. The zero-order valence-corrected chi connectivity index (χ0v) is 74.1. The van der Waals surface area contributed by atoms with Crippen LogP contribution in [0, 0.1) is 5.41 Å². The van der Waals surface area contributed by atoms with E-state index >= 15 is 0 Å². The summed E-state index contributed by atoms with van der Waals surface area (Å²) in [5, 5.41) is 0. The lowest BCUT2D eigenvalue weighted by Gasteiger charge is -2.31. The van der Waals surface area contributed by atoms with Crippen LogP contribution in [0.15, 0.2) is 0 Å². The van der Waals surface area contributed by atoms with Crippen LogP contribution in [0.2, 0.25) is 0 Å². The minimum atomic E-state index is -1.23. The molecular formula is C93H180O8S4. The second kappa shape index (κ2) is 90.5. The van der Waals surface area contributed by atoms with E-state index in [9.17, 15) is 19.2 Å². The molecule has 0 amide bonds. The minimum absolute atomic E-state index is 0.175. The van der Waals surface area contributed by atoms with Gasteiger partial charge in [-0.25, -0.2) is 0 Å². The maximum absolute atomic E-state index is 13.5. The number of hydrogen-bond donors (Lipinski definition) is 0. The second-order valence-corrected chi connectivity index (χ2v) is 37.1. The Bertz CT molecular complexity index is 1490. The van der Waals surface area contributed by atoms with E-state index in [-0.39, 0.29) is 76.0 Å². The number of carbonyl (C=O) groups excluding carboxylic acids is 4. The van der Waals surface area contributed by atoms with Crippen LogP contribution in [0.3, 0.4) is 0 Å². The van der Waals surface area contributed by atoms with E-state index in [0.717, 1.165) is 46.0 Å². The van der Waals surface area contributed by atoms with Crippen LogP contribution in [-0.4, -0.2) is 96.3 Å². The Kier molecular flexibility index (Phi) is 89.9. The molecule has 0 aliphatic rings. The van der Waals surface area contributed by atoms with Crippen molar-refractivity contribution in [3.05, 3.63) is 0 Å². The van der Waals surface area contributed by atoms with Gasteiger partial charge < -0.3 is 18.9 Å². The summed E-state index contributed by atoms with van der Waals surface area (Å²) in [6, 6.07) is 0. The fourth-order valence-corrected chi connectivity index (χ4v) is 18.0. The van der Waals surface area contributed by atoms with E-state index in [1.54, 1.807) is 0 Å². The third-order valence-electron chi connectivity index (χ3n) is 21.4. The van der Waals surface area contributed by atoms with E-state index in [1.807, 2.05) is 47.0 Å². The van der Waals surface area contributed by atoms with Crippen LogP contribution < -0.4 is 0 Å². The van der Waals surface area contributed by atoms with Crippen molar-refractivity contribution in [1.29, 1.82) is 0 Å². The molecule has 8 nitrogen and oxygen atoms in total. The summed E-state index contributed by atoms with van der Waals surface area (Å²) in [7, 11) is 0. The van der Waals surface area contributed by atoms with Gasteiger partial charge in [0.05, 0.1) is 0 Å². The van der Waals surface area contributed by atoms with Crippen LogP contribution in [0.25, 0.3) is 0 Å². The molecule has 0 fully saturated rings. The van der Waals surface area contributed by atoms with Crippen LogP contribution in [0.4, 0.5) is 0 Å². The normalized spacial score (nSPS) is 11.7. The first-order chi connectivity index (χ1) is 51.8. The highest BCUT2D eigenvalue weighted by molar-refractivity contribution is 7.99. The molecular weight excluding hydrogens is 1370 g/mol. The molecule has 0 unspecified atom stereocenters.